The number of aliphatic hydroxyl groups excluding tert-OH is 1. The zero-order chi connectivity index (χ0) is 13.1. The number of amides is 1. The standard InChI is InChI=1S/C13H18N2O3/c1-18-12-3-2-10(14)6-11(12)13(17)15-5-4-9(7-15)8-16/h2-3,6,9,16H,4-5,7-8,14H2,1H3. The minimum atomic E-state index is -0.0879. The molecule has 5 nitrogen and oxygen atoms in total. The summed E-state index contributed by atoms with van der Waals surface area (Å²) in [5, 5.41) is 9.10. The van der Waals surface area contributed by atoms with Crippen molar-refractivity contribution in [1.82, 2.24) is 4.90 Å². The molecule has 0 bridgehead atoms. The first-order valence-corrected chi connectivity index (χ1v) is 5.99. The average molecular weight is 250 g/mol. The van der Waals surface area contributed by atoms with Gasteiger partial charge in [-0.2, -0.15) is 0 Å². The molecule has 98 valence electrons. The molecule has 18 heavy (non-hydrogen) atoms. The van der Waals surface area contributed by atoms with Gasteiger partial charge in [0.2, 0.25) is 0 Å². The third-order valence-electron chi connectivity index (χ3n) is 3.29. The first-order chi connectivity index (χ1) is 8.65. The van der Waals surface area contributed by atoms with Gasteiger partial charge in [-0.05, 0) is 24.6 Å². The van der Waals surface area contributed by atoms with E-state index in [9.17, 15) is 4.79 Å². The minimum Gasteiger partial charge on any atom is -0.496 e. The number of nitrogens with zero attached hydrogens (tertiary/aromatic N) is 1. The second-order valence-corrected chi connectivity index (χ2v) is 4.55. The number of methoxy groups -OCH3 is 1. The van der Waals surface area contributed by atoms with Crippen molar-refractivity contribution in [1.29, 1.82) is 0 Å². The normalized spacial score (nSPS) is 19.0. The fraction of sp³-hybridized carbons (Fsp3) is 0.462. The molecule has 2 rings (SSSR count). The smallest absolute Gasteiger partial charge is 0.257 e. The lowest BCUT2D eigenvalue weighted by Gasteiger charge is -2.18. The van der Waals surface area contributed by atoms with Gasteiger partial charge in [0, 0.05) is 31.3 Å². The van der Waals surface area contributed by atoms with Gasteiger partial charge in [0.05, 0.1) is 12.7 Å². The Morgan fingerprint density at radius 2 is 2.39 bits per heavy atom. The molecule has 1 atom stereocenters. The Bertz CT molecular complexity index is 448. The fourth-order valence-corrected chi connectivity index (χ4v) is 2.23. The average Bonchev–Trinajstić information content (AvgIpc) is 2.86. The van der Waals surface area contributed by atoms with Crippen molar-refractivity contribution in [3.8, 4) is 5.75 Å². The Labute approximate surface area is 106 Å². The van der Waals surface area contributed by atoms with E-state index in [1.807, 2.05) is 0 Å². The van der Waals surface area contributed by atoms with E-state index in [0.717, 1.165) is 6.42 Å². The molecule has 1 aromatic rings. The zero-order valence-corrected chi connectivity index (χ0v) is 10.4. The molecule has 5 heteroatoms. The molecule has 0 aromatic heterocycles. The van der Waals surface area contributed by atoms with Crippen LogP contribution in [0.1, 0.15) is 16.8 Å². The lowest BCUT2D eigenvalue weighted by molar-refractivity contribution is 0.0778. The molecule has 1 amide bonds. The van der Waals surface area contributed by atoms with Crippen LogP contribution >= 0.6 is 0 Å². The largest absolute Gasteiger partial charge is 0.496 e. The maximum atomic E-state index is 12.3. The predicted octanol–water partition coefficient (Wildman–Crippen LogP) is 0.732. The van der Waals surface area contributed by atoms with Crippen molar-refractivity contribution in [3.05, 3.63) is 23.8 Å². The summed E-state index contributed by atoms with van der Waals surface area (Å²) in [6.45, 7) is 1.38. The van der Waals surface area contributed by atoms with Gasteiger partial charge in [0.15, 0.2) is 0 Å². The van der Waals surface area contributed by atoms with Gasteiger partial charge in [0.1, 0.15) is 5.75 Å². The maximum Gasteiger partial charge on any atom is 0.257 e. The van der Waals surface area contributed by atoms with E-state index in [1.54, 1.807) is 23.1 Å². The fourth-order valence-electron chi connectivity index (χ4n) is 2.23. The molecule has 0 spiro atoms. The number of rotatable bonds is 3. The summed E-state index contributed by atoms with van der Waals surface area (Å²) in [5.41, 5.74) is 6.73. The van der Waals surface area contributed by atoms with Gasteiger partial charge in [-0.1, -0.05) is 0 Å². The summed E-state index contributed by atoms with van der Waals surface area (Å²) >= 11 is 0. The molecular weight excluding hydrogens is 232 g/mol. The van der Waals surface area contributed by atoms with E-state index in [0.29, 0.717) is 30.1 Å². The summed E-state index contributed by atoms with van der Waals surface area (Å²) in [4.78, 5) is 14.1. The molecule has 0 radical (unpaired) electrons. The Balaban J connectivity index is 2.21. The van der Waals surface area contributed by atoms with E-state index in [4.69, 9.17) is 15.6 Å². The summed E-state index contributed by atoms with van der Waals surface area (Å²) in [6, 6.07) is 5.03. The highest BCUT2D eigenvalue weighted by Gasteiger charge is 2.28. The topological polar surface area (TPSA) is 75.8 Å². The predicted molar refractivity (Wildman–Crippen MR) is 68.5 cm³/mol. The SMILES string of the molecule is COc1ccc(N)cc1C(=O)N1CCC(CO)C1. The van der Waals surface area contributed by atoms with Crippen molar-refractivity contribution in [3.63, 3.8) is 0 Å². The van der Waals surface area contributed by atoms with Crippen LogP contribution in [0.15, 0.2) is 18.2 Å². The van der Waals surface area contributed by atoms with Crippen molar-refractivity contribution in [2.24, 2.45) is 5.92 Å². The second-order valence-electron chi connectivity index (χ2n) is 4.55. The van der Waals surface area contributed by atoms with Crippen molar-refractivity contribution >= 4 is 11.6 Å². The van der Waals surface area contributed by atoms with Crippen molar-refractivity contribution in [2.45, 2.75) is 6.42 Å². The summed E-state index contributed by atoms with van der Waals surface area (Å²) in [7, 11) is 1.53. The monoisotopic (exact) mass is 250 g/mol. The van der Waals surface area contributed by atoms with E-state index in [1.165, 1.54) is 7.11 Å². The van der Waals surface area contributed by atoms with Crippen LogP contribution in [0.25, 0.3) is 0 Å². The Kier molecular flexibility index (Phi) is 3.72. The van der Waals surface area contributed by atoms with Crippen LogP contribution in [-0.4, -0.2) is 42.7 Å². The van der Waals surface area contributed by atoms with Crippen LogP contribution in [0.2, 0.25) is 0 Å². The van der Waals surface area contributed by atoms with Crippen LogP contribution in [0.5, 0.6) is 5.75 Å². The van der Waals surface area contributed by atoms with E-state index < -0.39 is 0 Å². The number of carbonyl (C=O) groups excluding carboxylic acids is 1. The van der Waals surface area contributed by atoms with Crippen LogP contribution in [0.4, 0.5) is 5.69 Å². The summed E-state index contributed by atoms with van der Waals surface area (Å²) in [6.07, 6.45) is 0.840. The quantitative estimate of drug-likeness (QED) is 0.775. The van der Waals surface area contributed by atoms with E-state index in [2.05, 4.69) is 0 Å². The number of nitrogen functional groups attached to an aromatic ring is 1. The Morgan fingerprint density at radius 1 is 1.61 bits per heavy atom. The molecule has 1 fully saturated rings. The summed E-state index contributed by atoms with van der Waals surface area (Å²) < 4.78 is 5.18. The number of hydrogen-bond acceptors (Lipinski definition) is 4. The molecule has 1 heterocycles. The second kappa shape index (κ2) is 5.27. The number of ether oxygens (including phenoxy) is 1. The van der Waals surface area contributed by atoms with Gasteiger partial charge < -0.3 is 20.5 Å². The van der Waals surface area contributed by atoms with Crippen LogP contribution in [0, 0.1) is 5.92 Å². The molecule has 0 aliphatic carbocycles. The molecule has 0 saturated carbocycles. The van der Waals surface area contributed by atoms with Gasteiger partial charge in [-0.3, -0.25) is 4.79 Å². The van der Waals surface area contributed by atoms with Crippen LogP contribution in [-0.2, 0) is 0 Å². The number of hydrogen-bond donors (Lipinski definition) is 2. The van der Waals surface area contributed by atoms with E-state index >= 15 is 0 Å². The summed E-state index contributed by atoms with van der Waals surface area (Å²) in [5.74, 6) is 0.623. The van der Waals surface area contributed by atoms with Gasteiger partial charge in [0.25, 0.3) is 5.91 Å². The lowest BCUT2D eigenvalue weighted by atomic mass is 10.1. The number of carbonyl (C=O) groups is 1. The molecule has 1 aliphatic rings. The van der Waals surface area contributed by atoms with Gasteiger partial charge >= 0.3 is 0 Å². The first-order valence-electron chi connectivity index (χ1n) is 5.99. The first kappa shape index (κ1) is 12.7. The molecule has 3 N–H and O–H groups in total. The highest BCUT2D eigenvalue weighted by atomic mass is 16.5. The zero-order valence-electron chi connectivity index (χ0n) is 10.4. The van der Waals surface area contributed by atoms with Crippen molar-refractivity contribution < 1.29 is 14.6 Å². The molecule has 1 saturated heterocycles. The highest BCUT2D eigenvalue weighted by Crippen LogP contribution is 2.25. The van der Waals surface area contributed by atoms with Crippen LogP contribution < -0.4 is 10.5 Å². The highest BCUT2D eigenvalue weighted by molar-refractivity contribution is 5.98. The van der Waals surface area contributed by atoms with Gasteiger partial charge in [-0.15, -0.1) is 0 Å². The Hall–Kier alpha value is -1.75. The third kappa shape index (κ3) is 2.41. The van der Waals surface area contributed by atoms with Crippen molar-refractivity contribution in [2.75, 3.05) is 32.5 Å². The third-order valence-corrected chi connectivity index (χ3v) is 3.29. The van der Waals surface area contributed by atoms with E-state index in [-0.39, 0.29) is 18.4 Å². The molecule has 1 aliphatic heterocycles. The number of likely N-dealkylation sites (tertiary alicyclic amines) is 1. The number of aliphatic hydroxyl groups is 1. The maximum absolute atomic E-state index is 12.3. The molecular formula is C13H18N2O3. The minimum absolute atomic E-state index is 0.0879. The van der Waals surface area contributed by atoms with Crippen LogP contribution in [0.3, 0.4) is 0 Å². The Morgan fingerprint density at radius 3 is 3.00 bits per heavy atom. The van der Waals surface area contributed by atoms with Gasteiger partial charge in [-0.25, -0.2) is 0 Å². The molecule has 1 aromatic carbocycles. The number of anilines is 1. The lowest BCUT2D eigenvalue weighted by Crippen LogP contribution is -2.29. The molecule has 1 unspecified atom stereocenters. The number of nitrogens with two attached hydrogens (primary N) is 1. The number of benzene rings is 1.